The summed E-state index contributed by atoms with van der Waals surface area (Å²) in [7, 11) is 0. The van der Waals surface area contributed by atoms with Gasteiger partial charge in [-0.2, -0.15) is 5.26 Å². The summed E-state index contributed by atoms with van der Waals surface area (Å²) in [5, 5.41) is 11.6. The van der Waals surface area contributed by atoms with Gasteiger partial charge >= 0.3 is 0 Å². The number of hydrogen-bond acceptors (Lipinski definition) is 3. The second kappa shape index (κ2) is 8.28. The van der Waals surface area contributed by atoms with Crippen LogP contribution >= 0.6 is 0 Å². The SMILES string of the molecule is CC(C)OCCCCNC(=O)c1cccc(C#N)c1. The maximum atomic E-state index is 11.8. The van der Waals surface area contributed by atoms with Crippen LogP contribution in [0.2, 0.25) is 0 Å². The highest BCUT2D eigenvalue weighted by Crippen LogP contribution is 2.04. The van der Waals surface area contributed by atoms with Crippen LogP contribution in [0.4, 0.5) is 0 Å². The van der Waals surface area contributed by atoms with Crippen molar-refractivity contribution < 1.29 is 9.53 Å². The summed E-state index contributed by atoms with van der Waals surface area (Å²) in [6, 6.07) is 8.71. The van der Waals surface area contributed by atoms with Crippen LogP contribution in [0, 0.1) is 11.3 Å². The molecule has 0 saturated heterocycles. The van der Waals surface area contributed by atoms with Crippen molar-refractivity contribution >= 4 is 5.91 Å². The minimum absolute atomic E-state index is 0.137. The summed E-state index contributed by atoms with van der Waals surface area (Å²) < 4.78 is 5.42. The Morgan fingerprint density at radius 1 is 1.42 bits per heavy atom. The molecule has 0 aliphatic rings. The van der Waals surface area contributed by atoms with Gasteiger partial charge in [0.25, 0.3) is 5.91 Å². The standard InChI is InChI=1S/C15H20N2O2/c1-12(2)19-9-4-3-8-17-15(18)14-7-5-6-13(10-14)11-16/h5-7,10,12H,3-4,8-9H2,1-2H3,(H,17,18). The zero-order valence-corrected chi connectivity index (χ0v) is 11.5. The number of hydrogen-bond donors (Lipinski definition) is 1. The first-order chi connectivity index (χ1) is 9.13. The number of benzene rings is 1. The first kappa shape index (κ1) is 15.2. The van der Waals surface area contributed by atoms with Gasteiger partial charge in [0.2, 0.25) is 0 Å². The van der Waals surface area contributed by atoms with E-state index in [0.717, 1.165) is 19.4 Å². The van der Waals surface area contributed by atoms with Gasteiger partial charge in [-0.3, -0.25) is 4.79 Å². The topological polar surface area (TPSA) is 62.1 Å². The van der Waals surface area contributed by atoms with E-state index in [9.17, 15) is 4.79 Å². The molecule has 1 amide bonds. The van der Waals surface area contributed by atoms with Gasteiger partial charge in [-0.15, -0.1) is 0 Å². The Kier molecular flexibility index (Phi) is 6.62. The summed E-state index contributed by atoms with van der Waals surface area (Å²) >= 11 is 0. The van der Waals surface area contributed by atoms with Crippen LogP contribution < -0.4 is 5.32 Å². The second-order valence-corrected chi connectivity index (χ2v) is 4.58. The molecule has 0 aliphatic carbocycles. The van der Waals surface area contributed by atoms with Crippen molar-refractivity contribution in [2.24, 2.45) is 0 Å². The number of rotatable bonds is 7. The van der Waals surface area contributed by atoms with Crippen LogP contribution in [0.5, 0.6) is 0 Å². The lowest BCUT2D eigenvalue weighted by molar-refractivity contribution is 0.0754. The normalized spacial score (nSPS) is 10.2. The summed E-state index contributed by atoms with van der Waals surface area (Å²) in [6.45, 7) is 5.35. The average Bonchev–Trinajstić information content (AvgIpc) is 2.42. The van der Waals surface area contributed by atoms with Crippen LogP contribution in [0.25, 0.3) is 0 Å². The first-order valence-electron chi connectivity index (χ1n) is 6.53. The number of ether oxygens (including phenoxy) is 1. The molecule has 0 bridgehead atoms. The lowest BCUT2D eigenvalue weighted by Gasteiger charge is -2.08. The number of amides is 1. The third-order valence-electron chi connectivity index (χ3n) is 2.56. The molecule has 1 aromatic rings. The quantitative estimate of drug-likeness (QED) is 0.766. The maximum Gasteiger partial charge on any atom is 0.251 e. The predicted molar refractivity (Wildman–Crippen MR) is 73.8 cm³/mol. The molecule has 0 aromatic heterocycles. The summed E-state index contributed by atoms with van der Waals surface area (Å²) in [5.41, 5.74) is 1.02. The molecule has 0 atom stereocenters. The fourth-order valence-electron chi connectivity index (χ4n) is 1.58. The van der Waals surface area contributed by atoms with Crippen molar-refractivity contribution in [3.63, 3.8) is 0 Å². The predicted octanol–water partition coefficient (Wildman–Crippen LogP) is 2.49. The van der Waals surface area contributed by atoms with Crippen LogP contribution in [-0.4, -0.2) is 25.2 Å². The molecular weight excluding hydrogens is 240 g/mol. The van der Waals surface area contributed by atoms with E-state index >= 15 is 0 Å². The number of carbonyl (C=O) groups is 1. The number of nitriles is 1. The Morgan fingerprint density at radius 3 is 2.89 bits per heavy atom. The molecule has 4 nitrogen and oxygen atoms in total. The van der Waals surface area contributed by atoms with Crippen molar-refractivity contribution in [3.8, 4) is 6.07 Å². The third-order valence-corrected chi connectivity index (χ3v) is 2.56. The summed E-state index contributed by atoms with van der Waals surface area (Å²) in [6.07, 6.45) is 2.07. The molecule has 1 N–H and O–H groups in total. The van der Waals surface area contributed by atoms with Crippen LogP contribution in [-0.2, 0) is 4.74 Å². The van der Waals surface area contributed by atoms with Crippen molar-refractivity contribution in [2.45, 2.75) is 32.8 Å². The number of nitrogens with zero attached hydrogens (tertiary/aromatic N) is 1. The molecule has 4 heteroatoms. The van der Waals surface area contributed by atoms with Gasteiger partial charge in [-0.1, -0.05) is 6.07 Å². The van der Waals surface area contributed by atoms with Gasteiger partial charge < -0.3 is 10.1 Å². The van der Waals surface area contributed by atoms with Crippen molar-refractivity contribution in [1.82, 2.24) is 5.32 Å². The van der Waals surface area contributed by atoms with Gasteiger partial charge in [0, 0.05) is 18.7 Å². The van der Waals surface area contributed by atoms with Gasteiger partial charge in [0.05, 0.1) is 17.7 Å². The Hall–Kier alpha value is -1.86. The van der Waals surface area contributed by atoms with Gasteiger partial charge in [0.15, 0.2) is 0 Å². The molecule has 0 unspecified atom stereocenters. The number of nitrogens with one attached hydrogen (secondary N) is 1. The lowest BCUT2D eigenvalue weighted by Crippen LogP contribution is -2.24. The molecule has 0 aliphatic heterocycles. The molecule has 0 heterocycles. The monoisotopic (exact) mass is 260 g/mol. The highest BCUT2D eigenvalue weighted by atomic mass is 16.5. The Bertz CT molecular complexity index is 450. The number of unbranched alkanes of at least 4 members (excludes halogenated alkanes) is 1. The first-order valence-corrected chi connectivity index (χ1v) is 6.53. The highest BCUT2D eigenvalue weighted by Gasteiger charge is 2.05. The Labute approximate surface area is 114 Å². The lowest BCUT2D eigenvalue weighted by atomic mass is 10.1. The van der Waals surface area contributed by atoms with E-state index in [0.29, 0.717) is 17.7 Å². The third kappa shape index (κ3) is 6.03. The fourth-order valence-corrected chi connectivity index (χ4v) is 1.58. The summed E-state index contributed by atoms with van der Waals surface area (Å²) in [4.78, 5) is 11.8. The fraction of sp³-hybridized carbons (Fsp3) is 0.467. The minimum Gasteiger partial charge on any atom is -0.379 e. The Balaban J connectivity index is 2.26. The molecule has 1 rings (SSSR count). The van der Waals surface area contributed by atoms with E-state index in [4.69, 9.17) is 10.00 Å². The molecule has 19 heavy (non-hydrogen) atoms. The molecule has 1 aromatic carbocycles. The van der Waals surface area contributed by atoms with Gasteiger partial charge in [-0.05, 0) is 44.9 Å². The largest absolute Gasteiger partial charge is 0.379 e. The molecule has 102 valence electrons. The van der Waals surface area contributed by atoms with E-state index < -0.39 is 0 Å². The average molecular weight is 260 g/mol. The van der Waals surface area contributed by atoms with Crippen LogP contribution in [0.1, 0.15) is 42.6 Å². The zero-order valence-electron chi connectivity index (χ0n) is 11.5. The van der Waals surface area contributed by atoms with E-state index in [1.165, 1.54) is 0 Å². The maximum absolute atomic E-state index is 11.8. The highest BCUT2D eigenvalue weighted by molar-refractivity contribution is 5.94. The molecule has 0 spiro atoms. The molecule has 0 radical (unpaired) electrons. The van der Waals surface area contributed by atoms with Crippen molar-refractivity contribution in [1.29, 1.82) is 5.26 Å². The molecule has 0 saturated carbocycles. The van der Waals surface area contributed by atoms with Crippen LogP contribution in [0.15, 0.2) is 24.3 Å². The van der Waals surface area contributed by atoms with E-state index in [1.807, 2.05) is 19.9 Å². The molecule has 0 fully saturated rings. The van der Waals surface area contributed by atoms with E-state index in [2.05, 4.69) is 5.32 Å². The van der Waals surface area contributed by atoms with E-state index in [1.54, 1.807) is 24.3 Å². The van der Waals surface area contributed by atoms with Crippen LogP contribution in [0.3, 0.4) is 0 Å². The van der Waals surface area contributed by atoms with Gasteiger partial charge in [0.1, 0.15) is 0 Å². The van der Waals surface area contributed by atoms with Gasteiger partial charge in [-0.25, -0.2) is 0 Å². The molecular formula is C15H20N2O2. The Morgan fingerprint density at radius 2 is 2.21 bits per heavy atom. The smallest absolute Gasteiger partial charge is 0.251 e. The van der Waals surface area contributed by atoms with Crippen molar-refractivity contribution in [2.75, 3.05) is 13.2 Å². The second-order valence-electron chi connectivity index (χ2n) is 4.58. The summed E-state index contributed by atoms with van der Waals surface area (Å²) in [5.74, 6) is -0.137. The van der Waals surface area contributed by atoms with E-state index in [-0.39, 0.29) is 12.0 Å². The van der Waals surface area contributed by atoms with Crippen molar-refractivity contribution in [3.05, 3.63) is 35.4 Å². The zero-order chi connectivity index (χ0) is 14.1. The minimum atomic E-state index is -0.137. The number of carbonyl (C=O) groups excluding carboxylic acids is 1.